The number of nitrogens with zero attached hydrogens (tertiary/aromatic N) is 2. The molecule has 1 aromatic heterocycles. The molecule has 0 aromatic carbocycles. The number of thioether (sulfide) groups is 1. The number of piperazine rings is 1. The fraction of sp³-hybridized carbons (Fsp3) is 0.500. The third-order valence-corrected chi connectivity index (χ3v) is 3.49. The summed E-state index contributed by atoms with van der Waals surface area (Å²) in [6.07, 6.45) is 3.66. The van der Waals surface area contributed by atoms with Crippen LogP contribution < -0.4 is 5.32 Å². The van der Waals surface area contributed by atoms with Crippen molar-refractivity contribution in [3.63, 3.8) is 0 Å². The Morgan fingerprint density at radius 3 is 3.18 bits per heavy atom. The molecule has 0 saturated carbocycles. The van der Waals surface area contributed by atoms with Crippen LogP contribution in [0.5, 0.6) is 0 Å². The van der Waals surface area contributed by atoms with Gasteiger partial charge in [-0.15, -0.1) is 11.8 Å². The Morgan fingerprint density at radius 2 is 2.47 bits per heavy atom. The highest BCUT2D eigenvalue weighted by Gasteiger charge is 2.21. The average Bonchev–Trinajstić information content (AvgIpc) is 2.38. The van der Waals surface area contributed by atoms with Gasteiger partial charge in [0, 0.05) is 37.4 Å². The lowest BCUT2D eigenvalue weighted by atomic mass is 10.2. The van der Waals surface area contributed by atoms with E-state index in [-0.39, 0.29) is 5.91 Å². The Bertz CT molecular complexity index is 410. The summed E-state index contributed by atoms with van der Waals surface area (Å²) >= 11 is 1.55. The fourth-order valence-electron chi connectivity index (χ4n) is 1.95. The number of aromatic nitrogens is 1. The minimum Gasteiger partial charge on any atom is -0.336 e. The molecule has 1 atom stereocenters. The number of rotatable bonds is 2. The zero-order chi connectivity index (χ0) is 12.3. The highest BCUT2D eigenvalue weighted by molar-refractivity contribution is 7.98. The van der Waals surface area contributed by atoms with Crippen molar-refractivity contribution in [1.82, 2.24) is 15.2 Å². The third-order valence-electron chi connectivity index (χ3n) is 2.85. The molecule has 0 radical (unpaired) electrons. The minimum absolute atomic E-state index is 0.107. The summed E-state index contributed by atoms with van der Waals surface area (Å²) in [4.78, 5) is 18.4. The lowest BCUT2D eigenvalue weighted by Gasteiger charge is -2.32. The van der Waals surface area contributed by atoms with E-state index in [9.17, 15) is 4.79 Å². The van der Waals surface area contributed by atoms with Gasteiger partial charge in [0.25, 0.3) is 5.91 Å². The number of amides is 1. The number of pyridine rings is 1. The van der Waals surface area contributed by atoms with Crippen LogP contribution >= 0.6 is 11.8 Å². The number of carbonyl (C=O) groups excluding carboxylic acids is 1. The summed E-state index contributed by atoms with van der Waals surface area (Å²) in [6, 6.07) is 4.02. The van der Waals surface area contributed by atoms with Crippen LogP contribution in [0.15, 0.2) is 23.4 Å². The first kappa shape index (κ1) is 12.4. The van der Waals surface area contributed by atoms with E-state index in [2.05, 4.69) is 17.2 Å². The van der Waals surface area contributed by atoms with Crippen molar-refractivity contribution in [2.45, 2.75) is 18.0 Å². The van der Waals surface area contributed by atoms with Crippen molar-refractivity contribution < 1.29 is 4.79 Å². The van der Waals surface area contributed by atoms with E-state index in [1.54, 1.807) is 24.0 Å². The molecule has 5 heteroatoms. The molecule has 4 nitrogen and oxygen atoms in total. The SMILES string of the molecule is CSc1cc(C(=O)N2CCN[C@H](C)C2)ccn1. The second kappa shape index (κ2) is 5.51. The van der Waals surface area contributed by atoms with Gasteiger partial charge in [-0.2, -0.15) is 0 Å². The van der Waals surface area contributed by atoms with Crippen LogP contribution in [0.2, 0.25) is 0 Å². The summed E-state index contributed by atoms with van der Waals surface area (Å²) in [6.45, 7) is 4.52. The van der Waals surface area contributed by atoms with Gasteiger partial charge < -0.3 is 10.2 Å². The summed E-state index contributed by atoms with van der Waals surface area (Å²) in [5, 5.41) is 4.22. The largest absolute Gasteiger partial charge is 0.336 e. The smallest absolute Gasteiger partial charge is 0.254 e. The van der Waals surface area contributed by atoms with Gasteiger partial charge in [-0.1, -0.05) is 0 Å². The first-order chi connectivity index (χ1) is 8.20. The van der Waals surface area contributed by atoms with Crippen LogP contribution in [0, 0.1) is 0 Å². The molecule has 0 aliphatic carbocycles. The highest BCUT2D eigenvalue weighted by atomic mass is 32.2. The van der Waals surface area contributed by atoms with Gasteiger partial charge in [-0.3, -0.25) is 4.79 Å². The predicted molar refractivity (Wildman–Crippen MR) is 69.4 cm³/mol. The average molecular weight is 251 g/mol. The molecule has 17 heavy (non-hydrogen) atoms. The Kier molecular flexibility index (Phi) is 4.02. The number of carbonyl (C=O) groups is 1. The molecule has 1 saturated heterocycles. The van der Waals surface area contributed by atoms with Crippen molar-refractivity contribution in [2.24, 2.45) is 0 Å². The summed E-state index contributed by atoms with van der Waals surface area (Å²) < 4.78 is 0. The maximum absolute atomic E-state index is 12.3. The van der Waals surface area contributed by atoms with Crippen molar-refractivity contribution in [1.29, 1.82) is 0 Å². The van der Waals surface area contributed by atoms with Crippen LogP contribution in [0.25, 0.3) is 0 Å². The molecule has 0 unspecified atom stereocenters. The molecule has 1 fully saturated rings. The quantitative estimate of drug-likeness (QED) is 0.803. The number of nitrogens with one attached hydrogen (secondary N) is 1. The molecule has 1 N–H and O–H groups in total. The maximum atomic E-state index is 12.3. The molecule has 0 bridgehead atoms. The molecule has 1 amide bonds. The monoisotopic (exact) mass is 251 g/mol. The summed E-state index contributed by atoms with van der Waals surface area (Å²) in [5.74, 6) is 0.107. The van der Waals surface area contributed by atoms with E-state index in [0.717, 1.165) is 30.2 Å². The molecular formula is C12H17N3OS. The van der Waals surface area contributed by atoms with Gasteiger partial charge in [-0.05, 0) is 25.3 Å². The van der Waals surface area contributed by atoms with E-state index in [4.69, 9.17) is 0 Å². The van der Waals surface area contributed by atoms with Crippen molar-refractivity contribution in [2.75, 3.05) is 25.9 Å². The number of hydrogen-bond acceptors (Lipinski definition) is 4. The van der Waals surface area contributed by atoms with E-state index in [1.807, 2.05) is 17.2 Å². The van der Waals surface area contributed by atoms with Crippen LogP contribution in [0.3, 0.4) is 0 Å². The van der Waals surface area contributed by atoms with Gasteiger partial charge in [0.05, 0.1) is 5.03 Å². The highest BCUT2D eigenvalue weighted by Crippen LogP contribution is 2.14. The van der Waals surface area contributed by atoms with E-state index in [1.165, 1.54) is 0 Å². The standard InChI is InChI=1S/C12H17N3OS/c1-9-8-15(6-5-13-9)12(16)10-3-4-14-11(7-10)17-2/h3-4,7,9,13H,5-6,8H2,1-2H3/t9-/m1/s1. The molecule has 1 aliphatic rings. The topological polar surface area (TPSA) is 45.2 Å². The molecule has 1 aromatic rings. The molecule has 92 valence electrons. The predicted octanol–water partition coefficient (Wildman–Crippen LogP) is 1.24. The Morgan fingerprint density at radius 1 is 1.65 bits per heavy atom. The van der Waals surface area contributed by atoms with Crippen LogP contribution in [-0.2, 0) is 0 Å². The van der Waals surface area contributed by atoms with Gasteiger partial charge >= 0.3 is 0 Å². The normalized spacial score (nSPS) is 20.4. The Labute approximate surface area is 106 Å². The number of hydrogen-bond donors (Lipinski definition) is 1. The minimum atomic E-state index is 0.107. The molecule has 2 rings (SSSR count). The third kappa shape index (κ3) is 2.98. The van der Waals surface area contributed by atoms with Crippen LogP contribution in [-0.4, -0.2) is 47.7 Å². The van der Waals surface area contributed by atoms with E-state index >= 15 is 0 Å². The summed E-state index contributed by atoms with van der Waals surface area (Å²) in [5.41, 5.74) is 0.735. The lowest BCUT2D eigenvalue weighted by Crippen LogP contribution is -2.51. The zero-order valence-electron chi connectivity index (χ0n) is 10.1. The van der Waals surface area contributed by atoms with E-state index in [0.29, 0.717) is 6.04 Å². The van der Waals surface area contributed by atoms with Crippen LogP contribution in [0.1, 0.15) is 17.3 Å². The second-order valence-corrected chi connectivity index (χ2v) is 5.02. The van der Waals surface area contributed by atoms with Gasteiger partial charge in [0.2, 0.25) is 0 Å². The fourth-order valence-corrected chi connectivity index (χ4v) is 2.36. The van der Waals surface area contributed by atoms with Gasteiger partial charge in [0.15, 0.2) is 0 Å². The molecular weight excluding hydrogens is 234 g/mol. The van der Waals surface area contributed by atoms with Crippen molar-refractivity contribution >= 4 is 17.7 Å². The van der Waals surface area contributed by atoms with Gasteiger partial charge in [-0.25, -0.2) is 4.98 Å². The zero-order valence-corrected chi connectivity index (χ0v) is 11.0. The Hall–Kier alpha value is -1.07. The maximum Gasteiger partial charge on any atom is 0.254 e. The Balaban J connectivity index is 2.12. The second-order valence-electron chi connectivity index (χ2n) is 4.19. The van der Waals surface area contributed by atoms with Crippen molar-refractivity contribution in [3.8, 4) is 0 Å². The molecule has 0 spiro atoms. The molecule has 1 aliphatic heterocycles. The van der Waals surface area contributed by atoms with Crippen LogP contribution in [0.4, 0.5) is 0 Å². The first-order valence-corrected chi connectivity index (χ1v) is 6.96. The first-order valence-electron chi connectivity index (χ1n) is 5.73. The summed E-state index contributed by atoms with van der Waals surface area (Å²) in [7, 11) is 0. The molecule has 2 heterocycles. The lowest BCUT2D eigenvalue weighted by molar-refractivity contribution is 0.0708. The van der Waals surface area contributed by atoms with Gasteiger partial charge in [0.1, 0.15) is 0 Å². The van der Waals surface area contributed by atoms with Crippen molar-refractivity contribution in [3.05, 3.63) is 23.9 Å². The van der Waals surface area contributed by atoms with E-state index < -0.39 is 0 Å².